The van der Waals surface area contributed by atoms with E-state index in [-0.39, 0.29) is 30.6 Å². The third-order valence-electron chi connectivity index (χ3n) is 2.25. The number of rotatable bonds is 3. The molecule has 0 saturated heterocycles. The second kappa shape index (κ2) is 4.32. The van der Waals surface area contributed by atoms with Gasteiger partial charge in [0.25, 0.3) is 5.91 Å². The number of hydrogen-bond donors (Lipinski definition) is 3. The Kier molecular flexibility index (Phi) is 2.87. The average Bonchev–Trinajstić information content (AvgIpc) is 2.71. The Morgan fingerprint density at radius 1 is 1.50 bits per heavy atom. The van der Waals surface area contributed by atoms with E-state index in [1.807, 2.05) is 0 Å². The zero-order valence-corrected chi connectivity index (χ0v) is 8.46. The number of aliphatic hydroxyl groups is 1. The van der Waals surface area contributed by atoms with Crippen molar-refractivity contribution in [1.82, 2.24) is 10.3 Å². The van der Waals surface area contributed by atoms with Crippen LogP contribution in [0.25, 0.3) is 10.9 Å². The van der Waals surface area contributed by atoms with Crippen LogP contribution >= 0.6 is 0 Å². The molecule has 0 bridgehead atoms. The van der Waals surface area contributed by atoms with E-state index in [1.165, 1.54) is 12.1 Å². The van der Waals surface area contributed by atoms with Crippen LogP contribution in [0.4, 0.5) is 4.39 Å². The minimum Gasteiger partial charge on any atom is -0.395 e. The monoisotopic (exact) mass is 222 g/mol. The molecule has 1 aromatic carbocycles. The molecule has 0 spiro atoms. The molecule has 3 N–H and O–H groups in total. The summed E-state index contributed by atoms with van der Waals surface area (Å²) in [6, 6.07) is 6.06. The lowest BCUT2D eigenvalue weighted by atomic mass is 10.2. The summed E-state index contributed by atoms with van der Waals surface area (Å²) in [4.78, 5) is 14.3. The van der Waals surface area contributed by atoms with Crippen molar-refractivity contribution < 1.29 is 14.3 Å². The lowest BCUT2D eigenvalue weighted by Crippen LogP contribution is -2.26. The van der Waals surface area contributed by atoms with Gasteiger partial charge in [-0.05, 0) is 18.2 Å². The van der Waals surface area contributed by atoms with E-state index in [9.17, 15) is 9.18 Å². The number of hydrogen-bond acceptors (Lipinski definition) is 2. The van der Waals surface area contributed by atoms with Crippen molar-refractivity contribution in [2.24, 2.45) is 0 Å². The lowest BCUT2D eigenvalue weighted by Gasteiger charge is -1.99. The van der Waals surface area contributed by atoms with Crippen LogP contribution in [-0.4, -0.2) is 29.1 Å². The molecule has 0 unspecified atom stereocenters. The number of halogens is 1. The molecule has 1 amide bonds. The number of fused-ring (bicyclic) bond motifs is 1. The minimum atomic E-state index is -0.366. The quantitative estimate of drug-likeness (QED) is 0.726. The Morgan fingerprint density at radius 3 is 3.00 bits per heavy atom. The molecule has 16 heavy (non-hydrogen) atoms. The molecule has 2 rings (SSSR count). The highest BCUT2D eigenvalue weighted by Crippen LogP contribution is 2.18. The summed E-state index contributed by atoms with van der Waals surface area (Å²) in [5, 5.41) is 11.4. The van der Waals surface area contributed by atoms with Crippen LogP contribution in [0.1, 0.15) is 10.5 Å². The Labute approximate surface area is 91.1 Å². The number of carbonyl (C=O) groups excluding carboxylic acids is 1. The minimum absolute atomic E-state index is 0.125. The highest BCUT2D eigenvalue weighted by Gasteiger charge is 2.10. The summed E-state index contributed by atoms with van der Waals surface area (Å²) in [6.07, 6.45) is 0. The van der Waals surface area contributed by atoms with E-state index in [1.54, 1.807) is 12.1 Å². The van der Waals surface area contributed by atoms with E-state index in [2.05, 4.69) is 10.3 Å². The molecule has 0 fully saturated rings. The molecule has 84 valence electrons. The Bertz CT molecular complexity index is 522. The summed E-state index contributed by atoms with van der Waals surface area (Å²) in [7, 11) is 0. The fraction of sp³-hybridized carbons (Fsp3) is 0.182. The summed E-state index contributed by atoms with van der Waals surface area (Å²) in [5.74, 6) is -0.723. The van der Waals surface area contributed by atoms with Crippen molar-refractivity contribution in [2.75, 3.05) is 13.2 Å². The van der Waals surface area contributed by atoms with Crippen LogP contribution in [0.15, 0.2) is 24.3 Å². The first-order valence-electron chi connectivity index (χ1n) is 4.88. The van der Waals surface area contributed by atoms with Gasteiger partial charge in [0.15, 0.2) is 0 Å². The van der Waals surface area contributed by atoms with Crippen LogP contribution in [0, 0.1) is 5.82 Å². The maximum atomic E-state index is 13.3. The van der Waals surface area contributed by atoms with Crippen LogP contribution in [0.2, 0.25) is 0 Å². The molecule has 2 aromatic rings. The normalized spacial score (nSPS) is 10.6. The fourth-order valence-electron chi connectivity index (χ4n) is 1.51. The first-order chi connectivity index (χ1) is 7.72. The van der Waals surface area contributed by atoms with Gasteiger partial charge in [-0.3, -0.25) is 4.79 Å². The number of carbonyl (C=O) groups is 1. The first kappa shape index (κ1) is 10.6. The number of amides is 1. The predicted octanol–water partition coefficient (Wildman–Crippen LogP) is 1.03. The molecule has 0 atom stereocenters. The van der Waals surface area contributed by atoms with Crippen molar-refractivity contribution in [3.63, 3.8) is 0 Å². The van der Waals surface area contributed by atoms with Crippen molar-refractivity contribution in [2.45, 2.75) is 0 Å². The maximum absolute atomic E-state index is 13.3. The number of aromatic amines is 1. The van der Waals surface area contributed by atoms with Gasteiger partial charge in [-0.15, -0.1) is 0 Å². The molecule has 1 aromatic heterocycles. The Balaban J connectivity index is 2.32. The molecule has 0 aliphatic carbocycles. The maximum Gasteiger partial charge on any atom is 0.267 e. The van der Waals surface area contributed by atoms with Gasteiger partial charge in [0, 0.05) is 17.4 Å². The van der Waals surface area contributed by atoms with Gasteiger partial charge in [-0.25, -0.2) is 4.39 Å². The number of benzene rings is 1. The zero-order chi connectivity index (χ0) is 11.5. The van der Waals surface area contributed by atoms with Gasteiger partial charge in [0.2, 0.25) is 0 Å². The third kappa shape index (κ3) is 1.90. The zero-order valence-electron chi connectivity index (χ0n) is 8.46. The van der Waals surface area contributed by atoms with E-state index in [0.29, 0.717) is 10.9 Å². The Morgan fingerprint density at radius 2 is 2.31 bits per heavy atom. The largest absolute Gasteiger partial charge is 0.395 e. The van der Waals surface area contributed by atoms with Crippen LogP contribution in [0.3, 0.4) is 0 Å². The number of aromatic nitrogens is 1. The smallest absolute Gasteiger partial charge is 0.267 e. The van der Waals surface area contributed by atoms with Gasteiger partial charge < -0.3 is 15.4 Å². The lowest BCUT2D eigenvalue weighted by molar-refractivity contribution is 0.0940. The summed E-state index contributed by atoms with van der Waals surface area (Å²) < 4.78 is 13.3. The number of nitrogens with one attached hydrogen (secondary N) is 2. The van der Waals surface area contributed by atoms with E-state index >= 15 is 0 Å². The average molecular weight is 222 g/mol. The highest BCUT2D eigenvalue weighted by molar-refractivity contribution is 5.98. The summed E-state index contributed by atoms with van der Waals surface area (Å²) >= 11 is 0. The second-order valence-corrected chi connectivity index (χ2v) is 3.36. The van der Waals surface area contributed by atoms with Gasteiger partial charge >= 0.3 is 0 Å². The molecule has 0 saturated carbocycles. The third-order valence-corrected chi connectivity index (χ3v) is 2.25. The van der Waals surface area contributed by atoms with Gasteiger partial charge in [-0.2, -0.15) is 0 Å². The van der Waals surface area contributed by atoms with Crippen molar-refractivity contribution in [3.05, 3.63) is 35.8 Å². The van der Waals surface area contributed by atoms with E-state index in [0.717, 1.165) is 0 Å². The highest BCUT2D eigenvalue weighted by atomic mass is 19.1. The standard InChI is InChI=1S/C11H11FN2O2/c12-8-2-1-3-9-7(8)6-10(14-9)11(16)13-4-5-15/h1-3,6,14-15H,4-5H2,(H,13,16). The molecular weight excluding hydrogens is 211 g/mol. The molecule has 5 heteroatoms. The van der Waals surface area contributed by atoms with Crippen molar-refractivity contribution in [1.29, 1.82) is 0 Å². The second-order valence-electron chi connectivity index (χ2n) is 3.36. The molecule has 0 aliphatic rings. The van der Waals surface area contributed by atoms with E-state index < -0.39 is 0 Å². The van der Waals surface area contributed by atoms with Gasteiger partial charge in [0.05, 0.1) is 6.61 Å². The van der Waals surface area contributed by atoms with Crippen LogP contribution in [-0.2, 0) is 0 Å². The molecular formula is C11H11FN2O2. The van der Waals surface area contributed by atoms with Gasteiger partial charge in [-0.1, -0.05) is 6.07 Å². The first-order valence-corrected chi connectivity index (χ1v) is 4.88. The summed E-state index contributed by atoms with van der Waals surface area (Å²) in [5.41, 5.74) is 0.864. The van der Waals surface area contributed by atoms with E-state index in [4.69, 9.17) is 5.11 Å². The van der Waals surface area contributed by atoms with Crippen LogP contribution in [0.5, 0.6) is 0 Å². The number of aliphatic hydroxyl groups excluding tert-OH is 1. The SMILES string of the molecule is O=C(NCCO)c1cc2c(F)cccc2[nH]1. The number of H-pyrrole nitrogens is 1. The Hall–Kier alpha value is -1.88. The molecule has 0 radical (unpaired) electrons. The topological polar surface area (TPSA) is 65.1 Å². The predicted molar refractivity (Wildman–Crippen MR) is 57.7 cm³/mol. The van der Waals surface area contributed by atoms with Crippen LogP contribution < -0.4 is 5.32 Å². The molecule has 4 nitrogen and oxygen atoms in total. The fourth-order valence-corrected chi connectivity index (χ4v) is 1.51. The summed E-state index contributed by atoms with van der Waals surface area (Å²) in [6.45, 7) is 0.0526. The van der Waals surface area contributed by atoms with Gasteiger partial charge in [0.1, 0.15) is 11.5 Å². The van der Waals surface area contributed by atoms with Crippen molar-refractivity contribution in [3.8, 4) is 0 Å². The molecule has 1 heterocycles. The molecule has 0 aliphatic heterocycles. The van der Waals surface area contributed by atoms with Crippen molar-refractivity contribution >= 4 is 16.8 Å².